The first kappa shape index (κ1) is 12.7. The summed E-state index contributed by atoms with van der Waals surface area (Å²) in [5, 5.41) is 0.719. The lowest BCUT2D eigenvalue weighted by atomic mass is 10.2. The van der Waals surface area contributed by atoms with E-state index in [0.717, 1.165) is 49.2 Å². The fourth-order valence-electron chi connectivity index (χ4n) is 1.84. The molecule has 1 fully saturated rings. The van der Waals surface area contributed by atoms with E-state index in [9.17, 15) is 0 Å². The van der Waals surface area contributed by atoms with Gasteiger partial charge in [-0.2, -0.15) is 0 Å². The third kappa shape index (κ3) is 3.87. The zero-order valence-corrected chi connectivity index (χ0v) is 10.9. The van der Waals surface area contributed by atoms with Gasteiger partial charge in [0.1, 0.15) is 12.4 Å². The van der Waals surface area contributed by atoms with Gasteiger partial charge in [0.05, 0.1) is 13.2 Å². The van der Waals surface area contributed by atoms with Crippen molar-refractivity contribution in [1.29, 1.82) is 0 Å². The zero-order valence-electron chi connectivity index (χ0n) is 10.1. The van der Waals surface area contributed by atoms with Crippen LogP contribution in [-0.2, 0) is 4.74 Å². The molecule has 0 N–H and O–H groups in total. The van der Waals surface area contributed by atoms with Gasteiger partial charge in [-0.25, -0.2) is 0 Å². The highest BCUT2D eigenvalue weighted by Crippen LogP contribution is 2.22. The van der Waals surface area contributed by atoms with Crippen molar-refractivity contribution in [1.82, 2.24) is 4.90 Å². The summed E-state index contributed by atoms with van der Waals surface area (Å²) in [6, 6.07) is 5.73. The Morgan fingerprint density at radius 1 is 1.35 bits per heavy atom. The minimum Gasteiger partial charge on any atom is -0.492 e. The number of aryl methyl sites for hydroxylation is 1. The van der Waals surface area contributed by atoms with Gasteiger partial charge in [0.15, 0.2) is 0 Å². The van der Waals surface area contributed by atoms with E-state index in [1.54, 1.807) is 0 Å². The highest BCUT2D eigenvalue weighted by Gasteiger charge is 2.10. The van der Waals surface area contributed by atoms with E-state index in [0.29, 0.717) is 6.61 Å². The molecular weight excluding hydrogens is 238 g/mol. The number of benzene rings is 1. The van der Waals surface area contributed by atoms with Crippen LogP contribution in [0.4, 0.5) is 0 Å². The second-order valence-electron chi connectivity index (χ2n) is 4.21. The minimum absolute atomic E-state index is 0.696. The molecule has 2 rings (SSSR count). The molecular formula is C13H18ClNO2. The summed E-state index contributed by atoms with van der Waals surface area (Å²) in [6.07, 6.45) is 0. The van der Waals surface area contributed by atoms with E-state index >= 15 is 0 Å². The number of hydrogen-bond acceptors (Lipinski definition) is 3. The number of rotatable bonds is 4. The Balaban J connectivity index is 1.79. The van der Waals surface area contributed by atoms with E-state index in [-0.39, 0.29) is 0 Å². The average Bonchev–Trinajstić information content (AvgIpc) is 2.35. The molecule has 1 aliphatic heterocycles. The minimum atomic E-state index is 0.696. The van der Waals surface area contributed by atoms with Gasteiger partial charge >= 0.3 is 0 Å². The molecule has 94 valence electrons. The molecule has 1 aromatic carbocycles. The Bertz CT molecular complexity index is 364. The highest BCUT2D eigenvalue weighted by atomic mass is 35.5. The van der Waals surface area contributed by atoms with Crippen LogP contribution in [0, 0.1) is 6.92 Å². The smallest absolute Gasteiger partial charge is 0.123 e. The number of halogens is 1. The van der Waals surface area contributed by atoms with Gasteiger partial charge in [-0.3, -0.25) is 4.90 Å². The average molecular weight is 256 g/mol. The number of ether oxygens (including phenoxy) is 2. The van der Waals surface area contributed by atoms with Crippen molar-refractivity contribution < 1.29 is 9.47 Å². The van der Waals surface area contributed by atoms with Crippen molar-refractivity contribution in [2.45, 2.75) is 6.92 Å². The van der Waals surface area contributed by atoms with E-state index < -0.39 is 0 Å². The molecule has 0 bridgehead atoms. The van der Waals surface area contributed by atoms with Gasteiger partial charge in [0, 0.05) is 24.7 Å². The van der Waals surface area contributed by atoms with Crippen LogP contribution in [0.3, 0.4) is 0 Å². The maximum absolute atomic E-state index is 5.94. The molecule has 0 atom stereocenters. The summed E-state index contributed by atoms with van der Waals surface area (Å²) in [4.78, 5) is 2.35. The maximum Gasteiger partial charge on any atom is 0.123 e. The fourth-order valence-corrected chi connectivity index (χ4v) is 2.00. The van der Waals surface area contributed by atoms with Crippen LogP contribution in [0.2, 0.25) is 5.02 Å². The van der Waals surface area contributed by atoms with E-state index in [1.807, 2.05) is 25.1 Å². The van der Waals surface area contributed by atoms with Gasteiger partial charge in [-0.05, 0) is 24.6 Å². The normalized spacial score (nSPS) is 17.1. The van der Waals surface area contributed by atoms with Gasteiger partial charge in [-0.15, -0.1) is 0 Å². The predicted octanol–water partition coefficient (Wildman–Crippen LogP) is 2.36. The molecule has 1 aliphatic rings. The van der Waals surface area contributed by atoms with Gasteiger partial charge in [0.25, 0.3) is 0 Å². The Kier molecular flexibility index (Phi) is 4.66. The van der Waals surface area contributed by atoms with Crippen molar-refractivity contribution in [3.63, 3.8) is 0 Å². The van der Waals surface area contributed by atoms with Crippen molar-refractivity contribution >= 4 is 11.6 Å². The van der Waals surface area contributed by atoms with Crippen LogP contribution in [0.1, 0.15) is 5.56 Å². The SMILES string of the molecule is Cc1ccc(Cl)cc1OCCN1CCOCC1. The lowest BCUT2D eigenvalue weighted by molar-refractivity contribution is 0.0322. The van der Waals surface area contributed by atoms with E-state index in [2.05, 4.69) is 4.90 Å². The molecule has 3 nitrogen and oxygen atoms in total. The largest absolute Gasteiger partial charge is 0.492 e. The molecule has 0 spiro atoms. The topological polar surface area (TPSA) is 21.7 Å². The van der Waals surface area contributed by atoms with Gasteiger partial charge < -0.3 is 9.47 Å². The third-order valence-electron chi connectivity index (χ3n) is 2.92. The molecule has 0 saturated carbocycles. The summed E-state index contributed by atoms with van der Waals surface area (Å²) in [5.74, 6) is 0.880. The van der Waals surface area contributed by atoms with Crippen LogP contribution < -0.4 is 4.74 Å². The summed E-state index contributed by atoms with van der Waals surface area (Å²) >= 11 is 5.94. The van der Waals surface area contributed by atoms with Crippen LogP contribution in [-0.4, -0.2) is 44.4 Å². The summed E-state index contributed by atoms with van der Waals surface area (Å²) in [7, 11) is 0. The first-order chi connectivity index (χ1) is 8.25. The summed E-state index contributed by atoms with van der Waals surface area (Å²) in [6.45, 7) is 7.32. The number of nitrogens with zero attached hydrogens (tertiary/aromatic N) is 1. The van der Waals surface area contributed by atoms with E-state index in [4.69, 9.17) is 21.1 Å². The summed E-state index contributed by atoms with van der Waals surface area (Å²) in [5.41, 5.74) is 1.12. The lowest BCUT2D eigenvalue weighted by Crippen LogP contribution is -2.38. The first-order valence-electron chi connectivity index (χ1n) is 5.95. The Hall–Kier alpha value is -0.770. The molecule has 4 heteroatoms. The molecule has 0 radical (unpaired) electrons. The Morgan fingerprint density at radius 3 is 2.88 bits per heavy atom. The van der Waals surface area contributed by atoms with Crippen molar-refractivity contribution in [3.8, 4) is 5.75 Å². The Labute approximate surface area is 107 Å². The molecule has 1 heterocycles. The van der Waals surface area contributed by atoms with Crippen LogP contribution in [0.15, 0.2) is 18.2 Å². The summed E-state index contributed by atoms with van der Waals surface area (Å²) < 4.78 is 11.1. The molecule has 0 aliphatic carbocycles. The fraction of sp³-hybridized carbons (Fsp3) is 0.538. The Morgan fingerprint density at radius 2 is 2.12 bits per heavy atom. The quantitative estimate of drug-likeness (QED) is 0.825. The van der Waals surface area contributed by atoms with Crippen LogP contribution in [0.25, 0.3) is 0 Å². The second kappa shape index (κ2) is 6.24. The highest BCUT2D eigenvalue weighted by molar-refractivity contribution is 6.30. The molecule has 1 saturated heterocycles. The number of morpholine rings is 1. The number of hydrogen-bond donors (Lipinski definition) is 0. The standard InChI is InChI=1S/C13H18ClNO2/c1-11-2-3-12(14)10-13(11)17-9-6-15-4-7-16-8-5-15/h2-3,10H,4-9H2,1H3. The molecule has 17 heavy (non-hydrogen) atoms. The van der Waals surface area contributed by atoms with Gasteiger partial charge in [0.2, 0.25) is 0 Å². The maximum atomic E-state index is 5.94. The first-order valence-corrected chi connectivity index (χ1v) is 6.32. The predicted molar refractivity (Wildman–Crippen MR) is 68.9 cm³/mol. The van der Waals surface area contributed by atoms with Crippen molar-refractivity contribution in [2.24, 2.45) is 0 Å². The van der Waals surface area contributed by atoms with Crippen LogP contribution in [0.5, 0.6) is 5.75 Å². The van der Waals surface area contributed by atoms with Crippen molar-refractivity contribution in [2.75, 3.05) is 39.5 Å². The molecule has 0 unspecified atom stereocenters. The zero-order chi connectivity index (χ0) is 12.1. The van der Waals surface area contributed by atoms with Crippen LogP contribution >= 0.6 is 11.6 Å². The second-order valence-corrected chi connectivity index (χ2v) is 4.65. The third-order valence-corrected chi connectivity index (χ3v) is 3.15. The van der Waals surface area contributed by atoms with E-state index in [1.165, 1.54) is 0 Å². The lowest BCUT2D eigenvalue weighted by Gasteiger charge is -2.26. The van der Waals surface area contributed by atoms with Crippen molar-refractivity contribution in [3.05, 3.63) is 28.8 Å². The molecule has 0 amide bonds. The molecule has 0 aromatic heterocycles. The van der Waals surface area contributed by atoms with Gasteiger partial charge in [-0.1, -0.05) is 17.7 Å². The monoisotopic (exact) mass is 255 g/mol. The molecule has 1 aromatic rings.